The van der Waals surface area contributed by atoms with E-state index in [9.17, 15) is 4.39 Å². The second-order valence-corrected chi connectivity index (χ2v) is 4.56. The van der Waals surface area contributed by atoms with E-state index in [4.69, 9.17) is 0 Å². The second kappa shape index (κ2) is 4.72. The third kappa shape index (κ3) is 2.57. The summed E-state index contributed by atoms with van der Waals surface area (Å²) in [6.45, 7) is 2.66. The highest BCUT2D eigenvalue weighted by Crippen LogP contribution is 2.11. The number of nitrogens with zero attached hydrogens (tertiary/aromatic N) is 2. The molecule has 0 atom stereocenters. The Kier molecular flexibility index (Phi) is 2.91. The topological polar surface area (TPSA) is 29.3 Å². The average molecular weight is 255 g/mol. The molecule has 0 amide bonds. The highest BCUT2D eigenvalue weighted by Gasteiger charge is 2.01. The molecule has 4 heteroatoms. The largest absolute Gasteiger partial charge is 0.379 e. The molecule has 0 radical (unpaired) electrons. The first-order valence-electron chi connectivity index (χ1n) is 6.14. The minimum absolute atomic E-state index is 0.228. The van der Waals surface area contributed by atoms with E-state index in [-0.39, 0.29) is 5.82 Å². The van der Waals surface area contributed by atoms with Gasteiger partial charge in [-0.2, -0.15) is 0 Å². The van der Waals surface area contributed by atoms with Crippen LogP contribution < -0.4 is 5.32 Å². The molecule has 19 heavy (non-hydrogen) atoms. The van der Waals surface area contributed by atoms with E-state index >= 15 is 0 Å². The van der Waals surface area contributed by atoms with Gasteiger partial charge in [0.25, 0.3) is 0 Å². The van der Waals surface area contributed by atoms with Crippen molar-refractivity contribution in [3.05, 3.63) is 65.9 Å². The van der Waals surface area contributed by atoms with E-state index in [1.54, 1.807) is 12.1 Å². The van der Waals surface area contributed by atoms with Gasteiger partial charge in [0.15, 0.2) is 0 Å². The number of benzene rings is 1. The van der Waals surface area contributed by atoms with Gasteiger partial charge in [0.2, 0.25) is 0 Å². The van der Waals surface area contributed by atoms with Crippen molar-refractivity contribution < 1.29 is 4.39 Å². The van der Waals surface area contributed by atoms with E-state index in [0.717, 1.165) is 17.0 Å². The van der Waals surface area contributed by atoms with Crippen molar-refractivity contribution in [3.8, 4) is 0 Å². The highest BCUT2D eigenvalue weighted by atomic mass is 19.1. The molecule has 3 nitrogen and oxygen atoms in total. The Balaban J connectivity index is 1.76. The molecular formula is C15H14FN3. The van der Waals surface area contributed by atoms with Crippen LogP contribution in [0.1, 0.15) is 11.3 Å². The molecule has 1 aromatic carbocycles. The maximum atomic E-state index is 12.8. The predicted octanol–water partition coefficient (Wildman–Crippen LogP) is 3.39. The van der Waals surface area contributed by atoms with E-state index in [1.165, 1.54) is 17.7 Å². The normalized spacial score (nSPS) is 10.8. The van der Waals surface area contributed by atoms with Gasteiger partial charge in [-0.05, 0) is 48.9 Å². The Morgan fingerprint density at radius 2 is 2.00 bits per heavy atom. The molecule has 0 fully saturated rings. The van der Waals surface area contributed by atoms with Crippen LogP contribution in [0.25, 0.3) is 5.65 Å². The number of fused-ring (bicyclic) bond motifs is 1. The molecule has 0 aliphatic rings. The summed E-state index contributed by atoms with van der Waals surface area (Å²) in [5, 5.41) is 3.22. The van der Waals surface area contributed by atoms with Crippen molar-refractivity contribution in [2.75, 3.05) is 5.32 Å². The summed E-state index contributed by atoms with van der Waals surface area (Å²) >= 11 is 0. The molecule has 2 heterocycles. The summed E-state index contributed by atoms with van der Waals surface area (Å²) in [6, 6.07) is 10.4. The third-order valence-electron chi connectivity index (χ3n) is 2.98. The molecule has 0 unspecified atom stereocenters. The number of halogens is 1. The number of anilines is 1. The van der Waals surface area contributed by atoms with Crippen molar-refractivity contribution in [1.82, 2.24) is 9.38 Å². The number of nitrogens with one attached hydrogen (secondary N) is 1. The maximum absolute atomic E-state index is 12.8. The summed E-state index contributed by atoms with van der Waals surface area (Å²) in [4.78, 5) is 4.53. The fraction of sp³-hybridized carbons (Fsp3) is 0.133. The fourth-order valence-electron chi connectivity index (χ4n) is 1.98. The van der Waals surface area contributed by atoms with Crippen LogP contribution in [0, 0.1) is 12.7 Å². The van der Waals surface area contributed by atoms with Gasteiger partial charge in [0.05, 0.1) is 12.2 Å². The molecular weight excluding hydrogens is 241 g/mol. The summed E-state index contributed by atoms with van der Waals surface area (Å²) in [5.74, 6) is -0.228. The summed E-state index contributed by atoms with van der Waals surface area (Å²) in [7, 11) is 0. The zero-order valence-corrected chi connectivity index (χ0v) is 10.6. The summed E-state index contributed by atoms with van der Waals surface area (Å²) < 4.78 is 14.8. The Labute approximate surface area is 110 Å². The second-order valence-electron chi connectivity index (χ2n) is 4.56. The minimum atomic E-state index is -0.228. The van der Waals surface area contributed by atoms with E-state index in [2.05, 4.69) is 10.3 Å². The third-order valence-corrected chi connectivity index (χ3v) is 2.98. The van der Waals surface area contributed by atoms with Gasteiger partial charge in [-0.3, -0.25) is 0 Å². The van der Waals surface area contributed by atoms with Gasteiger partial charge in [-0.1, -0.05) is 0 Å². The van der Waals surface area contributed by atoms with Crippen molar-refractivity contribution in [1.29, 1.82) is 0 Å². The number of hydrogen-bond donors (Lipinski definition) is 1. The number of aromatic nitrogens is 2. The van der Waals surface area contributed by atoms with Gasteiger partial charge in [-0.15, -0.1) is 0 Å². The molecule has 0 aliphatic carbocycles. The van der Waals surface area contributed by atoms with Crippen LogP contribution in [0.15, 0.2) is 48.8 Å². The Morgan fingerprint density at radius 3 is 2.79 bits per heavy atom. The lowest BCUT2D eigenvalue weighted by Crippen LogP contribution is -1.99. The smallest absolute Gasteiger partial charge is 0.137 e. The molecule has 0 saturated heterocycles. The Bertz CT molecular complexity index is 701. The number of pyridine rings is 1. The summed E-state index contributed by atoms with van der Waals surface area (Å²) in [5.41, 5.74) is 3.97. The number of aryl methyl sites for hydroxylation is 1. The quantitative estimate of drug-likeness (QED) is 0.777. The SMILES string of the molecule is Cc1ccn2cc(CNc3ccc(F)cc3)nc2c1. The Hall–Kier alpha value is -2.36. The lowest BCUT2D eigenvalue weighted by Gasteiger charge is -2.03. The minimum Gasteiger partial charge on any atom is -0.379 e. The van der Waals surface area contributed by atoms with Gasteiger partial charge < -0.3 is 9.72 Å². The molecule has 1 N–H and O–H groups in total. The number of rotatable bonds is 3. The Morgan fingerprint density at radius 1 is 1.21 bits per heavy atom. The van der Waals surface area contributed by atoms with Crippen LogP contribution >= 0.6 is 0 Å². The summed E-state index contributed by atoms with van der Waals surface area (Å²) in [6.07, 6.45) is 3.99. The number of imidazole rings is 1. The van der Waals surface area contributed by atoms with Gasteiger partial charge in [-0.25, -0.2) is 9.37 Å². The predicted molar refractivity (Wildman–Crippen MR) is 73.7 cm³/mol. The van der Waals surface area contributed by atoms with E-state index < -0.39 is 0 Å². The molecule has 0 saturated carbocycles. The average Bonchev–Trinajstić information content (AvgIpc) is 2.80. The lowest BCUT2D eigenvalue weighted by atomic mass is 10.3. The van der Waals surface area contributed by atoms with Crippen LogP contribution in [0.4, 0.5) is 10.1 Å². The van der Waals surface area contributed by atoms with Crippen molar-refractivity contribution in [3.63, 3.8) is 0 Å². The fourth-order valence-corrected chi connectivity index (χ4v) is 1.98. The zero-order chi connectivity index (χ0) is 13.2. The van der Waals surface area contributed by atoms with Gasteiger partial charge in [0.1, 0.15) is 11.5 Å². The first-order chi connectivity index (χ1) is 9.20. The van der Waals surface area contributed by atoms with Gasteiger partial charge in [0, 0.05) is 18.1 Å². The first-order valence-corrected chi connectivity index (χ1v) is 6.14. The van der Waals surface area contributed by atoms with Crippen LogP contribution in [0.2, 0.25) is 0 Å². The van der Waals surface area contributed by atoms with Crippen LogP contribution in [0.3, 0.4) is 0 Å². The van der Waals surface area contributed by atoms with Crippen molar-refractivity contribution in [2.45, 2.75) is 13.5 Å². The lowest BCUT2D eigenvalue weighted by molar-refractivity contribution is 0.628. The van der Waals surface area contributed by atoms with Crippen LogP contribution in [0.5, 0.6) is 0 Å². The number of hydrogen-bond acceptors (Lipinski definition) is 2. The molecule has 0 spiro atoms. The van der Waals surface area contributed by atoms with Crippen molar-refractivity contribution in [2.24, 2.45) is 0 Å². The maximum Gasteiger partial charge on any atom is 0.137 e. The van der Waals surface area contributed by atoms with Crippen LogP contribution in [-0.4, -0.2) is 9.38 Å². The highest BCUT2D eigenvalue weighted by molar-refractivity contribution is 5.45. The zero-order valence-electron chi connectivity index (χ0n) is 10.6. The van der Waals surface area contributed by atoms with Crippen molar-refractivity contribution >= 4 is 11.3 Å². The standard InChI is InChI=1S/C15H14FN3/c1-11-6-7-19-10-14(18-15(19)8-11)9-17-13-4-2-12(16)3-5-13/h2-8,10,17H,9H2,1H3. The molecule has 0 bridgehead atoms. The molecule has 96 valence electrons. The molecule has 3 rings (SSSR count). The van der Waals surface area contributed by atoms with Crippen LogP contribution in [-0.2, 0) is 6.54 Å². The molecule has 0 aliphatic heterocycles. The first kappa shape index (κ1) is 11.7. The monoisotopic (exact) mass is 255 g/mol. The van der Waals surface area contributed by atoms with E-state index in [0.29, 0.717) is 6.54 Å². The van der Waals surface area contributed by atoms with Gasteiger partial charge >= 0.3 is 0 Å². The van der Waals surface area contributed by atoms with E-state index in [1.807, 2.05) is 35.9 Å². The molecule has 3 aromatic rings. The molecule has 2 aromatic heterocycles.